The maximum Gasteiger partial charge on any atom is 0.337 e. The lowest BCUT2D eigenvalue weighted by Crippen LogP contribution is -2.29. The minimum atomic E-state index is -0.388. The first kappa shape index (κ1) is 17.5. The quantitative estimate of drug-likeness (QED) is 0.610. The highest BCUT2D eigenvalue weighted by molar-refractivity contribution is 5.95. The number of esters is 1. The minimum Gasteiger partial charge on any atom is -0.465 e. The van der Waals surface area contributed by atoms with E-state index in [1.54, 1.807) is 18.2 Å². The van der Waals surface area contributed by atoms with Crippen LogP contribution < -0.4 is 0 Å². The molecule has 2 nitrogen and oxygen atoms in total. The van der Waals surface area contributed by atoms with Crippen LogP contribution in [0.4, 0.5) is 4.39 Å². The zero-order valence-corrected chi connectivity index (χ0v) is 15.6. The van der Waals surface area contributed by atoms with Crippen molar-refractivity contribution in [1.82, 2.24) is 0 Å². The molecule has 0 aliphatic heterocycles. The number of carbonyl (C=O) groups is 1. The Bertz CT molecular complexity index is 828. The van der Waals surface area contributed by atoms with E-state index in [0.717, 1.165) is 41.5 Å². The molecule has 0 radical (unpaired) electrons. The summed E-state index contributed by atoms with van der Waals surface area (Å²) in [7, 11) is 1.36. The maximum atomic E-state index is 15.2. The van der Waals surface area contributed by atoms with Crippen molar-refractivity contribution in [3.05, 3.63) is 47.3 Å². The molecule has 4 rings (SSSR count). The predicted molar refractivity (Wildman–Crippen MR) is 102 cm³/mol. The van der Waals surface area contributed by atoms with Crippen molar-refractivity contribution >= 4 is 16.7 Å². The monoisotopic (exact) mass is 354 g/mol. The number of fused-ring (bicyclic) bond motifs is 2. The topological polar surface area (TPSA) is 26.3 Å². The summed E-state index contributed by atoms with van der Waals surface area (Å²) in [5, 5.41) is 1.36. The zero-order valence-electron chi connectivity index (χ0n) is 15.6. The lowest BCUT2D eigenvalue weighted by Gasteiger charge is -2.41. The van der Waals surface area contributed by atoms with Crippen LogP contribution in [-0.2, 0) is 4.74 Å². The maximum absolute atomic E-state index is 15.2. The Hall–Kier alpha value is -1.90. The van der Waals surface area contributed by atoms with Crippen molar-refractivity contribution in [3.63, 3.8) is 0 Å². The molecule has 2 aromatic rings. The van der Waals surface area contributed by atoms with E-state index in [4.69, 9.17) is 4.74 Å². The first-order chi connectivity index (χ1) is 12.6. The standard InChI is InChI=1S/C23H27FO2/c1-14-3-4-16-12-17(6-5-15(16)11-14)20-9-7-18-13-19(23(25)26-2)8-10-21(18)22(20)24/h7-10,13-17H,3-6,11-12H2,1-2H3/t14?,15-,16+,17?/m0/s1. The number of methoxy groups -OCH3 is 1. The lowest BCUT2D eigenvalue weighted by atomic mass is 9.64. The molecule has 0 amide bonds. The number of benzene rings is 2. The molecule has 0 saturated heterocycles. The molecule has 2 aromatic carbocycles. The van der Waals surface area contributed by atoms with E-state index < -0.39 is 0 Å². The smallest absolute Gasteiger partial charge is 0.337 e. The van der Waals surface area contributed by atoms with Gasteiger partial charge in [0.05, 0.1) is 12.7 Å². The van der Waals surface area contributed by atoms with Gasteiger partial charge in [0.1, 0.15) is 5.82 Å². The van der Waals surface area contributed by atoms with Gasteiger partial charge in [0, 0.05) is 5.39 Å². The van der Waals surface area contributed by atoms with Crippen LogP contribution in [-0.4, -0.2) is 13.1 Å². The number of hydrogen-bond acceptors (Lipinski definition) is 2. The molecule has 138 valence electrons. The average molecular weight is 354 g/mol. The third kappa shape index (κ3) is 3.13. The van der Waals surface area contributed by atoms with Crippen LogP contribution in [0.1, 0.15) is 67.3 Å². The Labute approximate surface area is 154 Å². The Morgan fingerprint density at radius 3 is 2.62 bits per heavy atom. The van der Waals surface area contributed by atoms with Gasteiger partial charge in [-0.2, -0.15) is 0 Å². The highest BCUT2D eigenvalue weighted by Crippen LogP contribution is 2.48. The number of halogens is 1. The molecule has 2 unspecified atom stereocenters. The number of hydrogen-bond donors (Lipinski definition) is 0. The normalized spacial score (nSPS) is 28.6. The molecule has 2 aliphatic rings. The van der Waals surface area contributed by atoms with Crippen LogP contribution >= 0.6 is 0 Å². The van der Waals surface area contributed by atoms with E-state index >= 15 is 4.39 Å². The van der Waals surface area contributed by atoms with Crippen molar-refractivity contribution in [2.45, 2.75) is 51.4 Å². The van der Waals surface area contributed by atoms with Crippen molar-refractivity contribution in [2.75, 3.05) is 7.11 Å². The summed E-state index contributed by atoms with van der Waals surface area (Å²) in [5.74, 6) is 2.30. The van der Waals surface area contributed by atoms with E-state index in [1.165, 1.54) is 32.8 Å². The minimum absolute atomic E-state index is 0.105. The number of rotatable bonds is 2. The fourth-order valence-electron chi connectivity index (χ4n) is 5.28. The summed E-state index contributed by atoms with van der Waals surface area (Å²) in [6.07, 6.45) is 7.44. The second kappa shape index (κ2) is 7.02. The first-order valence-corrected chi connectivity index (χ1v) is 9.87. The molecule has 0 bridgehead atoms. The highest BCUT2D eigenvalue weighted by atomic mass is 19.1. The van der Waals surface area contributed by atoms with Crippen molar-refractivity contribution in [1.29, 1.82) is 0 Å². The fraction of sp³-hybridized carbons (Fsp3) is 0.522. The van der Waals surface area contributed by atoms with E-state index in [1.807, 2.05) is 12.1 Å². The van der Waals surface area contributed by atoms with Crippen LogP contribution in [0, 0.1) is 23.6 Å². The van der Waals surface area contributed by atoms with Crippen LogP contribution in [0.2, 0.25) is 0 Å². The summed E-state index contributed by atoms with van der Waals surface area (Å²) in [6, 6.07) is 8.98. The van der Waals surface area contributed by atoms with Crippen LogP contribution in [0.3, 0.4) is 0 Å². The zero-order chi connectivity index (χ0) is 18.3. The third-order valence-electron chi connectivity index (χ3n) is 6.72. The summed E-state index contributed by atoms with van der Waals surface area (Å²) in [6.45, 7) is 2.37. The highest BCUT2D eigenvalue weighted by Gasteiger charge is 2.35. The van der Waals surface area contributed by atoms with Crippen LogP contribution in [0.15, 0.2) is 30.3 Å². The van der Waals surface area contributed by atoms with E-state index in [9.17, 15) is 4.79 Å². The molecule has 2 aliphatic carbocycles. The molecular formula is C23H27FO2. The Morgan fingerprint density at radius 2 is 1.81 bits per heavy atom. The first-order valence-electron chi connectivity index (χ1n) is 9.87. The van der Waals surface area contributed by atoms with Gasteiger partial charge in [-0.05, 0) is 78.9 Å². The van der Waals surface area contributed by atoms with Gasteiger partial charge in [-0.1, -0.05) is 31.5 Å². The summed E-state index contributed by atoms with van der Waals surface area (Å²) < 4.78 is 20.0. The van der Waals surface area contributed by atoms with Gasteiger partial charge in [0.2, 0.25) is 0 Å². The molecule has 2 saturated carbocycles. The van der Waals surface area contributed by atoms with Gasteiger partial charge in [-0.3, -0.25) is 0 Å². The van der Waals surface area contributed by atoms with Gasteiger partial charge in [0.15, 0.2) is 0 Å². The van der Waals surface area contributed by atoms with Gasteiger partial charge < -0.3 is 4.74 Å². The van der Waals surface area contributed by atoms with Gasteiger partial charge >= 0.3 is 5.97 Å². The van der Waals surface area contributed by atoms with Crippen molar-refractivity contribution in [2.24, 2.45) is 17.8 Å². The van der Waals surface area contributed by atoms with Crippen LogP contribution in [0.25, 0.3) is 10.8 Å². The Balaban J connectivity index is 1.61. The molecule has 0 spiro atoms. The third-order valence-corrected chi connectivity index (χ3v) is 6.72. The summed E-state index contributed by atoms with van der Waals surface area (Å²) >= 11 is 0. The molecule has 0 N–H and O–H groups in total. The van der Waals surface area contributed by atoms with Crippen LogP contribution in [0.5, 0.6) is 0 Å². The number of ether oxygens (including phenoxy) is 1. The second-order valence-corrected chi connectivity index (χ2v) is 8.34. The summed E-state index contributed by atoms with van der Waals surface area (Å²) in [5.41, 5.74) is 1.32. The number of carbonyl (C=O) groups excluding carboxylic acids is 1. The molecule has 2 fully saturated rings. The predicted octanol–water partition coefficient (Wildman–Crippen LogP) is 6.09. The molecular weight excluding hydrogens is 327 g/mol. The fourth-order valence-corrected chi connectivity index (χ4v) is 5.28. The molecule has 26 heavy (non-hydrogen) atoms. The Morgan fingerprint density at radius 1 is 1.04 bits per heavy atom. The SMILES string of the molecule is COC(=O)c1ccc2c(F)c(C3CC[C@H]4CC(C)CC[C@@H]4C3)ccc2c1. The van der Waals surface area contributed by atoms with Gasteiger partial charge in [-0.25, -0.2) is 9.18 Å². The van der Waals surface area contributed by atoms with Gasteiger partial charge in [-0.15, -0.1) is 0 Å². The summed E-state index contributed by atoms with van der Waals surface area (Å²) in [4.78, 5) is 11.7. The largest absolute Gasteiger partial charge is 0.465 e. The van der Waals surface area contributed by atoms with Gasteiger partial charge in [0.25, 0.3) is 0 Å². The lowest BCUT2D eigenvalue weighted by molar-refractivity contribution is 0.0601. The van der Waals surface area contributed by atoms with E-state index in [-0.39, 0.29) is 11.8 Å². The molecule has 4 atom stereocenters. The van der Waals surface area contributed by atoms with E-state index in [0.29, 0.717) is 16.9 Å². The molecule has 3 heteroatoms. The average Bonchev–Trinajstić information content (AvgIpc) is 2.67. The second-order valence-electron chi connectivity index (χ2n) is 8.34. The van der Waals surface area contributed by atoms with E-state index in [2.05, 4.69) is 6.92 Å². The molecule has 0 heterocycles. The Kier molecular flexibility index (Phi) is 4.73. The van der Waals surface area contributed by atoms with Crippen molar-refractivity contribution < 1.29 is 13.9 Å². The van der Waals surface area contributed by atoms with Crippen molar-refractivity contribution in [3.8, 4) is 0 Å². The molecule has 0 aromatic heterocycles.